The van der Waals surface area contributed by atoms with Crippen molar-refractivity contribution in [2.75, 3.05) is 0 Å². The van der Waals surface area contributed by atoms with Gasteiger partial charge < -0.3 is 40.7 Å². The van der Waals surface area contributed by atoms with Crippen molar-refractivity contribution in [3.8, 4) is 11.5 Å². The largest absolute Gasteiger partial charge is 0.507 e. The predicted molar refractivity (Wildman–Crippen MR) is 125 cm³/mol. The predicted octanol–water partition coefficient (Wildman–Crippen LogP) is 0.812. The zero-order chi connectivity index (χ0) is 26.1. The summed E-state index contributed by atoms with van der Waals surface area (Å²) in [5, 5.41) is 54.4. The van der Waals surface area contributed by atoms with Gasteiger partial charge in [-0.25, -0.2) is 0 Å². The summed E-state index contributed by atoms with van der Waals surface area (Å²) in [4.78, 5) is 26.6. The summed E-state index contributed by atoms with van der Waals surface area (Å²) in [6.07, 6.45) is -5.29. The molecule has 1 unspecified atom stereocenters. The van der Waals surface area contributed by atoms with Gasteiger partial charge in [0.1, 0.15) is 11.5 Å². The summed E-state index contributed by atoms with van der Waals surface area (Å²) in [5.74, 6) is -2.35. The van der Waals surface area contributed by atoms with Crippen molar-refractivity contribution in [3.05, 3.63) is 57.6 Å². The highest BCUT2D eigenvalue weighted by atomic mass is 16.7. The van der Waals surface area contributed by atoms with E-state index >= 15 is 0 Å². The summed E-state index contributed by atoms with van der Waals surface area (Å²) < 4.78 is 11.8. The molecule has 2 aromatic rings. The van der Waals surface area contributed by atoms with Gasteiger partial charge in [0.05, 0.1) is 41.1 Å². The SMILES string of the molecule is C[C@@H]1O[C@@H](OC2C[C@](O)([C@H](C)O)Cc3c(O)c4c(c(O)c32)C(=O)c2ccccc2C4=O)C[C@H](N)[C@@H]1O. The highest BCUT2D eigenvalue weighted by molar-refractivity contribution is 6.30. The molecular weight excluding hydrogens is 470 g/mol. The normalized spacial score (nSPS) is 32.4. The lowest BCUT2D eigenvalue weighted by Crippen LogP contribution is -2.53. The van der Waals surface area contributed by atoms with Gasteiger partial charge in [0, 0.05) is 47.6 Å². The molecule has 7 N–H and O–H groups in total. The van der Waals surface area contributed by atoms with E-state index in [9.17, 15) is 35.1 Å². The Morgan fingerprint density at radius 2 is 1.69 bits per heavy atom. The first-order chi connectivity index (χ1) is 16.9. The van der Waals surface area contributed by atoms with E-state index in [1.54, 1.807) is 19.1 Å². The number of aliphatic hydroxyl groups excluding tert-OH is 2. The van der Waals surface area contributed by atoms with E-state index in [1.807, 2.05) is 0 Å². The lowest BCUT2D eigenvalue weighted by atomic mass is 9.71. The van der Waals surface area contributed by atoms with Crippen LogP contribution in [0.5, 0.6) is 11.5 Å². The van der Waals surface area contributed by atoms with Gasteiger partial charge in [0.2, 0.25) is 0 Å². The van der Waals surface area contributed by atoms with E-state index < -0.39 is 65.4 Å². The van der Waals surface area contributed by atoms with Crippen LogP contribution >= 0.6 is 0 Å². The Hall–Kier alpha value is -2.86. The van der Waals surface area contributed by atoms with Crippen LogP contribution in [0.25, 0.3) is 0 Å². The molecule has 3 aliphatic rings. The molecule has 0 spiro atoms. The molecule has 2 aromatic carbocycles. The number of benzene rings is 2. The number of hydrogen-bond donors (Lipinski definition) is 6. The van der Waals surface area contributed by atoms with Gasteiger partial charge in [0.25, 0.3) is 0 Å². The average molecular weight is 500 g/mol. The van der Waals surface area contributed by atoms with Crippen molar-refractivity contribution in [2.45, 2.75) is 75.5 Å². The summed E-state index contributed by atoms with van der Waals surface area (Å²) in [5.41, 5.74) is 3.77. The van der Waals surface area contributed by atoms with Gasteiger partial charge in [0.15, 0.2) is 17.9 Å². The van der Waals surface area contributed by atoms with E-state index in [0.29, 0.717) is 0 Å². The minimum Gasteiger partial charge on any atom is -0.507 e. The number of carbonyl (C=O) groups is 2. The zero-order valence-electron chi connectivity index (χ0n) is 19.8. The van der Waals surface area contributed by atoms with Crippen LogP contribution in [0.4, 0.5) is 0 Å². The van der Waals surface area contributed by atoms with Crippen molar-refractivity contribution in [1.29, 1.82) is 0 Å². The second-order valence-corrected chi connectivity index (χ2v) is 9.99. The van der Waals surface area contributed by atoms with Crippen LogP contribution in [0, 0.1) is 0 Å². The second kappa shape index (κ2) is 8.62. The maximum atomic E-state index is 13.3. The Balaban J connectivity index is 1.66. The van der Waals surface area contributed by atoms with Crippen LogP contribution in [0.2, 0.25) is 0 Å². The van der Waals surface area contributed by atoms with E-state index in [-0.39, 0.29) is 52.6 Å². The molecule has 5 rings (SSSR count). The topological polar surface area (TPSA) is 180 Å². The zero-order valence-corrected chi connectivity index (χ0v) is 19.8. The number of hydrogen-bond acceptors (Lipinski definition) is 10. The molecule has 0 bridgehead atoms. The number of aliphatic hydroxyl groups is 3. The fourth-order valence-corrected chi connectivity index (χ4v) is 5.50. The van der Waals surface area contributed by atoms with Crippen LogP contribution in [-0.2, 0) is 15.9 Å². The highest BCUT2D eigenvalue weighted by Crippen LogP contribution is 2.52. The summed E-state index contributed by atoms with van der Waals surface area (Å²) >= 11 is 0. The summed E-state index contributed by atoms with van der Waals surface area (Å²) in [7, 11) is 0. The third kappa shape index (κ3) is 3.64. The standard InChI is InChI=1S/C26H29NO9/c1-10-21(29)15(27)7-17(35-10)36-16-9-26(34,11(2)28)8-14-18(16)25(33)20-19(24(14)32)22(30)12-5-3-4-6-13(12)23(20)31/h3-6,10-11,15-17,21,28-29,32-34H,7-9,27H2,1-2H3/t10-,11-,15-,16?,17-,21+,26-/m0/s1. The molecule has 1 heterocycles. The smallest absolute Gasteiger partial charge is 0.198 e. The molecule has 7 atom stereocenters. The minimum absolute atomic E-state index is 0.000350. The Kier molecular flexibility index (Phi) is 5.94. The summed E-state index contributed by atoms with van der Waals surface area (Å²) in [6, 6.07) is 5.47. The maximum Gasteiger partial charge on any atom is 0.198 e. The quantitative estimate of drug-likeness (QED) is 0.282. The lowest BCUT2D eigenvalue weighted by Gasteiger charge is -2.43. The van der Waals surface area contributed by atoms with Crippen molar-refractivity contribution >= 4 is 11.6 Å². The van der Waals surface area contributed by atoms with Crippen LogP contribution in [0.3, 0.4) is 0 Å². The first-order valence-electron chi connectivity index (χ1n) is 11.9. The summed E-state index contributed by atoms with van der Waals surface area (Å²) in [6.45, 7) is 3.01. The second-order valence-electron chi connectivity index (χ2n) is 9.99. The van der Waals surface area contributed by atoms with E-state index in [0.717, 1.165) is 0 Å². The molecule has 36 heavy (non-hydrogen) atoms. The molecule has 0 saturated carbocycles. The number of ketones is 2. The number of fused-ring (bicyclic) bond motifs is 3. The molecule has 192 valence electrons. The third-order valence-corrected chi connectivity index (χ3v) is 7.65. The molecule has 0 radical (unpaired) electrons. The number of rotatable bonds is 3. The van der Waals surface area contributed by atoms with Crippen LogP contribution in [0.1, 0.15) is 75.8 Å². The fourth-order valence-electron chi connectivity index (χ4n) is 5.50. The molecule has 0 amide bonds. The molecule has 1 aliphatic heterocycles. The van der Waals surface area contributed by atoms with E-state index in [1.165, 1.54) is 19.1 Å². The number of ether oxygens (including phenoxy) is 2. The Labute approximate surface area is 206 Å². The number of phenols is 2. The molecular formula is C26H29NO9. The Morgan fingerprint density at radius 3 is 2.25 bits per heavy atom. The van der Waals surface area contributed by atoms with Crippen molar-refractivity contribution in [2.24, 2.45) is 5.73 Å². The van der Waals surface area contributed by atoms with Crippen LogP contribution < -0.4 is 5.73 Å². The van der Waals surface area contributed by atoms with Gasteiger partial charge in [-0.1, -0.05) is 24.3 Å². The highest BCUT2D eigenvalue weighted by Gasteiger charge is 2.49. The van der Waals surface area contributed by atoms with Gasteiger partial charge in [-0.15, -0.1) is 0 Å². The molecule has 1 fully saturated rings. The van der Waals surface area contributed by atoms with Gasteiger partial charge in [-0.2, -0.15) is 0 Å². The van der Waals surface area contributed by atoms with E-state index in [2.05, 4.69) is 0 Å². The van der Waals surface area contributed by atoms with Crippen LogP contribution in [-0.4, -0.2) is 73.3 Å². The number of nitrogens with two attached hydrogens (primary N) is 1. The molecule has 10 heteroatoms. The molecule has 1 saturated heterocycles. The lowest BCUT2D eigenvalue weighted by molar-refractivity contribution is -0.250. The first kappa shape index (κ1) is 24.8. The Bertz CT molecular complexity index is 1250. The molecule has 10 nitrogen and oxygen atoms in total. The van der Waals surface area contributed by atoms with Crippen molar-refractivity contribution in [3.63, 3.8) is 0 Å². The minimum atomic E-state index is -1.78. The van der Waals surface area contributed by atoms with Gasteiger partial charge in [-0.3, -0.25) is 9.59 Å². The van der Waals surface area contributed by atoms with Crippen molar-refractivity contribution in [1.82, 2.24) is 0 Å². The van der Waals surface area contributed by atoms with Crippen LogP contribution in [0.15, 0.2) is 24.3 Å². The monoisotopic (exact) mass is 499 g/mol. The average Bonchev–Trinajstić information content (AvgIpc) is 2.82. The number of aromatic hydroxyl groups is 2. The van der Waals surface area contributed by atoms with Gasteiger partial charge >= 0.3 is 0 Å². The maximum absolute atomic E-state index is 13.3. The van der Waals surface area contributed by atoms with Crippen molar-refractivity contribution < 1.29 is 44.6 Å². The molecule has 0 aromatic heterocycles. The fraction of sp³-hybridized carbons (Fsp3) is 0.462. The first-order valence-corrected chi connectivity index (χ1v) is 11.9. The van der Waals surface area contributed by atoms with Gasteiger partial charge in [-0.05, 0) is 13.8 Å². The number of carbonyl (C=O) groups excluding carboxylic acids is 2. The number of phenolic OH excluding ortho intramolecular Hbond substituents is 2. The Morgan fingerprint density at radius 1 is 1.11 bits per heavy atom. The third-order valence-electron chi connectivity index (χ3n) is 7.65. The molecule has 2 aliphatic carbocycles. The van der Waals surface area contributed by atoms with E-state index in [4.69, 9.17) is 15.2 Å².